The molecule has 6 heteroatoms. The van der Waals surface area contributed by atoms with Gasteiger partial charge in [0.1, 0.15) is 18.0 Å². The highest BCUT2D eigenvalue weighted by atomic mass is 16.6. The Bertz CT molecular complexity index is 811. The molecule has 0 aliphatic carbocycles. The molecule has 0 spiro atoms. The van der Waals surface area contributed by atoms with Crippen molar-refractivity contribution in [3.63, 3.8) is 0 Å². The highest BCUT2D eigenvalue weighted by molar-refractivity contribution is 6.01. The van der Waals surface area contributed by atoms with Crippen LogP contribution in [-0.4, -0.2) is 55.7 Å². The van der Waals surface area contributed by atoms with Gasteiger partial charge in [0, 0.05) is 18.5 Å². The van der Waals surface area contributed by atoms with Gasteiger partial charge in [-0.2, -0.15) is 0 Å². The van der Waals surface area contributed by atoms with Crippen molar-refractivity contribution in [3.05, 3.63) is 65.7 Å². The van der Waals surface area contributed by atoms with E-state index < -0.39 is 17.7 Å². The van der Waals surface area contributed by atoms with Crippen LogP contribution in [0.1, 0.15) is 36.7 Å². The fraction of sp³-hybridized carbons (Fsp3) is 0.417. The number of Topliss-reactive ketones (excluding diaryl/α,β-unsaturated/α-hetero) is 1. The zero-order valence-corrected chi connectivity index (χ0v) is 18.5. The number of nitrogens with one attached hydrogen (secondary N) is 1. The number of amides is 1. The van der Waals surface area contributed by atoms with E-state index in [4.69, 9.17) is 9.47 Å². The second kappa shape index (κ2) is 10.8. The SMILES string of the molecule is CN(C)CCOc1ccc(C(=O)[C@H](Cc2ccccc2)NC(=O)OC(C)(C)C)cc1. The Morgan fingerprint density at radius 2 is 1.63 bits per heavy atom. The van der Waals surface area contributed by atoms with Crippen LogP contribution < -0.4 is 10.1 Å². The molecule has 0 aliphatic heterocycles. The van der Waals surface area contributed by atoms with Gasteiger partial charge in [0.25, 0.3) is 0 Å². The summed E-state index contributed by atoms with van der Waals surface area (Å²) < 4.78 is 11.0. The van der Waals surface area contributed by atoms with Crippen LogP contribution in [0.2, 0.25) is 0 Å². The summed E-state index contributed by atoms with van der Waals surface area (Å²) in [5.41, 5.74) is 0.818. The molecule has 0 saturated heterocycles. The standard InChI is InChI=1S/C24H32N2O4/c1-24(2,3)30-23(28)25-21(17-18-9-7-6-8-10-18)22(27)19-11-13-20(14-12-19)29-16-15-26(4)5/h6-14,21H,15-17H2,1-5H3,(H,25,28)/t21-/m0/s1. The van der Waals surface area contributed by atoms with E-state index in [-0.39, 0.29) is 5.78 Å². The summed E-state index contributed by atoms with van der Waals surface area (Å²) in [7, 11) is 3.96. The number of carbonyl (C=O) groups excluding carboxylic acids is 2. The van der Waals surface area contributed by atoms with E-state index in [2.05, 4.69) is 5.32 Å². The number of rotatable bonds is 9. The van der Waals surface area contributed by atoms with Crippen molar-refractivity contribution in [2.45, 2.75) is 38.8 Å². The van der Waals surface area contributed by atoms with E-state index in [9.17, 15) is 9.59 Å². The van der Waals surface area contributed by atoms with Gasteiger partial charge in [0.15, 0.2) is 5.78 Å². The monoisotopic (exact) mass is 412 g/mol. The molecule has 2 aromatic rings. The van der Waals surface area contributed by atoms with Crippen molar-refractivity contribution >= 4 is 11.9 Å². The largest absolute Gasteiger partial charge is 0.492 e. The number of hydrogen-bond donors (Lipinski definition) is 1. The minimum Gasteiger partial charge on any atom is -0.492 e. The lowest BCUT2D eigenvalue weighted by Crippen LogP contribution is -2.44. The van der Waals surface area contributed by atoms with Crippen LogP contribution >= 0.6 is 0 Å². The summed E-state index contributed by atoms with van der Waals surface area (Å²) in [6.07, 6.45) is -0.236. The van der Waals surface area contributed by atoms with Gasteiger partial charge in [-0.3, -0.25) is 4.79 Å². The maximum Gasteiger partial charge on any atom is 0.408 e. The van der Waals surface area contributed by atoms with E-state index in [1.165, 1.54) is 0 Å². The summed E-state index contributed by atoms with van der Waals surface area (Å²) >= 11 is 0. The number of ether oxygens (including phenoxy) is 2. The molecule has 1 atom stereocenters. The summed E-state index contributed by atoms with van der Waals surface area (Å²) in [6.45, 7) is 6.73. The number of likely N-dealkylation sites (N-methyl/N-ethyl adjacent to an activating group) is 1. The topological polar surface area (TPSA) is 67.9 Å². The van der Waals surface area contributed by atoms with E-state index in [1.54, 1.807) is 45.0 Å². The fourth-order valence-corrected chi connectivity index (χ4v) is 2.77. The van der Waals surface area contributed by atoms with Crippen molar-refractivity contribution in [2.24, 2.45) is 0 Å². The predicted molar refractivity (Wildman–Crippen MR) is 118 cm³/mol. The molecule has 1 N–H and O–H groups in total. The Hall–Kier alpha value is -2.86. The molecule has 0 unspecified atom stereocenters. The first-order valence-electron chi connectivity index (χ1n) is 10.1. The zero-order valence-electron chi connectivity index (χ0n) is 18.5. The van der Waals surface area contributed by atoms with Crippen LogP contribution in [-0.2, 0) is 11.2 Å². The molecule has 6 nitrogen and oxygen atoms in total. The lowest BCUT2D eigenvalue weighted by molar-refractivity contribution is 0.0491. The number of nitrogens with zero attached hydrogens (tertiary/aromatic N) is 1. The highest BCUT2D eigenvalue weighted by Crippen LogP contribution is 2.16. The summed E-state index contributed by atoms with van der Waals surface area (Å²) in [4.78, 5) is 27.5. The van der Waals surface area contributed by atoms with Gasteiger partial charge in [-0.15, -0.1) is 0 Å². The fourth-order valence-electron chi connectivity index (χ4n) is 2.77. The van der Waals surface area contributed by atoms with Crippen molar-refractivity contribution in [3.8, 4) is 5.75 Å². The van der Waals surface area contributed by atoms with Crippen LogP contribution in [0.3, 0.4) is 0 Å². The Kier molecular flexibility index (Phi) is 8.42. The average molecular weight is 413 g/mol. The molecule has 30 heavy (non-hydrogen) atoms. The van der Waals surface area contributed by atoms with Crippen LogP contribution in [0.4, 0.5) is 4.79 Å². The van der Waals surface area contributed by atoms with Gasteiger partial charge < -0.3 is 19.7 Å². The lowest BCUT2D eigenvalue weighted by atomic mass is 9.97. The molecule has 0 aromatic heterocycles. The molecule has 2 aromatic carbocycles. The van der Waals surface area contributed by atoms with Gasteiger partial charge in [-0.25, -0.2) is 4.79 Å². The molecule has 162 valence electrons. The van der Waals surface area contributed by atoms with E-state index in [0.717, 1.165) is 12.1 Å². The second-order valence-electron chi connectivity index (χ2n) is 8.43. The van der Waals surface area contributed by atoms with Crippen LogP contribution in [0.5, 0.6) is 5.75 Å². The van der Waals surface area contributed by atoms with Crippen molar-refractivity contribution in [2.75, 3.05) is 27.2 Å². The van der Waals surface area contributed by atoms with E-state index in [0.29, 0.717) is 24.3 Å². The van der Waals surface area contributed by atoms with Crippen molar-refractivity contribution in [1.82, 2.24) is 10.2 Å². The first kappa shape index (κ1) is 23.4. The first-order valence-corrected chi connectivity index (χ1v) is 10.1. The smallest absolute Gasteiger partial charge is 0.408 e. The predicted octanol–water partition coefficient (Wildman–Crippen LogP) is 3.95. The van der Waals surface area contributed by atoms with Crippen molar-refractivity contribution < 1.29 is 19.1 Å². The number of alkyl carbamates (subject to hydrolysis) is 1. The van der Waals surface area contributed by atoms with Gasteiger partial charge >= 0.3 is 6.09 Å². The molecule has 0 heterocycles. The second-order valence-corrected chi connectivity index (χ2v) is 8.43. The lowest BCUT2D eigenvalue weighted by Gasteiger charge is -2.23. The maximum atomic E-state index is 13.1. The molecule has 0 radical (unpaired) electrons. The van der Waals surface area contributed by atoms with Gasteiger partial charge in [0.05, 0.1) is 6.04 Å². The van der Waals surface area contributed by atoms with Gasteiger partial charge in [-0.05, 0) is 64.7 Å². The maximum absolute atomic E-state index is 13.1. The molecule has 0 aliphatic rings. The number of benzene rings is 2. The Balaban J connectivity index is 2.11. The van der Waals surface area contributed by atoms with Crippen molar-refractivity contribution in [1.29, 1.82) is 0 Å². The summed E-state index contributed by atoms with van der Waals surface area (Å²) in [5.74, 6) is 0.526. The zero-order chi connectivity index (χ0) is 22.1. The molecule has 0 saturated carbocycles. The quantitative estimate of drug-likeness (QED) is 0.632. The molecular weight excluding hydrogens is 380 g/mol. The van der Waals surface area contributed by atoms with Gasteiger partial charge in [0.2, 0.25) is 0 Å². The Morgan fingerprint density at radius 1 is 1.00 bits per heavy atom. The third-order valence-corrected chi connectivity index (χ3v) is 4.24. The normalized spacial score (nSPS) is 12.3. The Morgan fingerprint density at radius 3 is 2.20 bits per heavy atom. The minimum atomic E-state index is -0.734. The first-order chi connectivity index (χ1) is 14.1. The molecule has 2 rings (SSSR count). The average Bonchev–Trinajstić information content (AvgIpc) is 2.66. The number of ketones is 1. The van der Waals surface area contributed by atoms with Crippen LogP contribution in [0, 0.1) is 0 Å². The molecule has 1 amide bonds. The van der Waals surface area contributed by atoms with E-state index >= 15 is 0 Å². The third kappa shape index (κ3) is 8.25. The van der Waals surface area contributed by atoms with Crippen LogP contribution in [0.15, 0.2) is 54.6 Å². The number of hydrogen-bond acceptors (Lipinski definition) is 5. The highest BCUT2D eigenvalue weighted by Gasteiger charge is 2.25. The molecule has 0 bridgehead atoms. The number of carbonyl (C=O) groups is 2. The minimum absolute atomic E-state index is 0.176. The Labute approximate surface area is 179 Å². The van der Waals surface area contributed by atoms with E-state index in [1.807, 2.05) is 49.3 Å². The summed E-state index contributed by atoms with van der Waals surface area (Å²) in [6, 6.07) is 15.8. The van der Waals surface area contributed by atoms with Crippen LogP contribution in [0.25, 0.3) is 0 Å². The summed E-state index contributed by atoms with van der Waals surface area (Å²) in [5, 5.41) is 2.73. The third-order valence-electron chi connectivity index (χ3n) is 4.24. The van der Waals surface area contributed by atoms with Gasteiger partial charge in [-0.1, -0.05) is 30.3 Å². The molecule has 0 fully saturated rings. The molecular formula is C24H32N2O4.